The van der Waals surface area contributed by atoms with E-state index in [1.807, 2.05) is 20.8 Å². The molecule has 4 heteroatoms. The second-order valence-corrected chi connectivity index (χ2v) is 6.72. The van der Waals surface area contributed by atoms with Gasteiger partial charge in [0.25, 0.3) is 0 Å². The number of rotatable bonds is 3. The minimum absolute atomic E-state index is 0.272. The Morgan fingerprint density at radius 2 is 1.94 bits per heavy atom. The predicted octanol–water partition coefficient (Wildman–Crippen LogP) is 2.60. The molecule has 0 spiro atoms. The average molecular weight is 236 g/mol. The lowest BCUT2D eigenvalue weighted by Gasteiger charge is -2.70. The van der Waals surface area contributed by atoms with Crippen molar-refractivity contribution in [3.63, 3.8) is 0 Å². The number of nitrogens with one attached hydrogen (secondary N) is 1. The lowest BCUT2D eigenvalue weighted by Crippen LogP contribution is -2.65. The van der Waals surface area contributed by atoms with Crippen LogP contribution in [0, 0.1) is 22.2 Å². The number of hydrogen-bond donors (Lipinski definition) is 1. The Hall–Kier alpha value is -1.24. The number of carbonyl (C=O) groups excluding carboxylic acids is 1. The van der Waals surface area contributed by atoms with E-state index in [-0.39, 0.29) is 11.5 Å². The molecular formula is C13H20N2O2. The number of nitrogens with zero attached hydrogens (tertiary/aromatic N) is 1. The molecule has 0 aliphatic heterocycles. The first-order chi connectivity index (χ1) is 7.78. The summed E-state index contributed by atoms with van der Waals surface area (Å²) in [7, 11) is 0. The average Bonchev–Trinajstić information content (AvgIpc) is 2.03. The van der Waals surface area contributed by atoms with Gasteiger partial charge in [0.2, 0.25) is 0 Å². The molecule has 17 heavy (non-hydrogen) atoms. The zero-order chi connectivity index (χ0) is 12.7. The highest BCUT2D eigenvalue weighted by molar-refractivity contribution is 5.67. The van der Waals surface area contributed by atoms with E-state index in [9.17, 15) is 4.79 Å². The van der Waals surface area contributed by atoms with Crippen LogP contribution in [0.5, 0.6) is 0 Å². The molecule has 0 aromatic carbocycles. The van der Waals surface area contributed by atoms with E-state index >= 15 is 0 Å². The summed E-state index contributed by atoms with van der Waals surface area (Å²) >= 11 is 0. The lowest BCUT2D eigenvalue weighted by molar-refractivity contribution is -0.195. The molecule has 1 amide bonds. The Balaban J connectivity index is 1.69. The van der Waals surface area contributed by atoms with Crippen LogP contribution in [0.25, 0.3) is 0 Å². The van der Waals surface area contributed by atoms with E-state index in [0.29, 0.717) is 18.4 Å². The second-order valence-electron chi connectivity index (χ2n) is 6.72. The Morgan fingerprint density at radius 3 is 2.41 bits per heavy atom. The van der Waals surface area contributed by atoms with Crippen LogP contribution in [-0.4, -0.2) is 18.2 Å². The molecule has 1 N–H and O–H groups in total. The SMILES string of the molecule is CC(C)(C)OC(=O)NCC12CC(CC#N)(C1)C2. The van der Waals surface area contributed by atoms with E-state index in [0.717, 1.165) is 19.3 Å². The van der Waals surface area contributed by atoms with Crippen molar-refractivity contribution in [1.29, 1.82) is 5.26 Å². The Bertz CT molecular complexity index is 356. The van der Waals surface area contributed by atoms with Gasteiger partial charge in [0.1, 0.15) is 5.60 Å². The quantitative estimate of drug-likeness (QED) is 0.819. The predicted molar refractivity (Wildman–Crippen MR) is 63.2 cm³/mol. The Morgan fingerprint density at radius 1 is 1.35 bits per heavy atom. The fourth-order valence-corrected chi connectivity index (χ4v) is 3.35. The molecular weight excluding hydrogens is 216 g/mol. The van der Waals surface area contributed by atoms with Gasteiger partial charge in [-0.3, -0.25) is 0 Å². The molecule has 0 saturated heterocycles. The maximum absolute atomic E-state index is 11.5. The molecule has 3 aliphatic carbocycles. The van der Waals surface area contributed by atoms with Crippen LogP contribution >= 0.6 is 0 Å². The standard InChI is InChI=1S/C13H20N2O2/c1-11(2,3)17-10(16)15-9-13-6-12(7-13,8-13)4-5-14/h4,6-9H2,1-3H3,(H,15,16). The molecule has 3 saturated carbocycles. The zero-order valence-electron chi connectivity index (χ0n) is 10.8. The van der Waals surface area contributed by atoms with Gasteiger partial charge in [-0.05, 0) is 50.9 Å². The van der Waals surface area contributed by atoms with E-state index < -0.39 is 5.60 Å². The molecule has 0 atom stereocenters. The van der Waals surface area contributed by atoms with Crippen LogP contribution in [0.4, 0.5) is 4.79 Å². The van der Waals surface area contributed by atoms with Crippen LogP contribution in [-0.2, 0) is 4.74 Å². The van der Waals surface area contributed by atoms with Gasteiger partial charge in [0.05, 0.1) is 6.07 Å². The molecule has 3 rings (SSSR count). The molecule has 0 aromatic heterocycles. The summed E-state index contributed by atoms with van der Waals surface area (Å²) in [5.41, 5.74) is 0.129. The molecule has 3 aliphatic rings. The largest absolute Gasteiger partial charge is 0.444 e. The van der Waals surface area contributed by atoms with Crippen LogP contribution in [0.3, 0.4) is 0 Å². The normalized spacial score (nSPS) is 34.0. The van der Waals surface area contributed by atoms with Crippen LogP contribution in [0.15, 0.2) is 0 Å². The summed E-state index contributed by atoms with van der Waals surface area (Å²) in [6.45, 7) is 6.26. The smallest absolute Gasteiger partial charge is 0.407 e. The maximum atomic E-state index is 11.5. The molecule has 4 nitrogen and oxygen atoms in total. The van der Waals surface area contributed by atoms with Crippen molar-refractivity contribution in [2.24, 2.45) is 10.8 Å². The second kappa shape index (κ2) is 3.63. The van der Waals surface area contributed by atoms with E-state index in [1.54, 1.807) is 0 Å². The van der Waals surface area contributed by atoms with Gasteiger partial charge in [0.15, 0.2) is 0 Å². The summed E-state index contributed by atoms with van der Waals surface area (Å²) in [5, 5.41) is 11.5. The van der Waals surface area contributed by atoms with Crippen LogP contribution in [0.1, 0.15) is 46.5 Å². The van der Waals surface area contributed by atoms with Gasteiger partial charge in [0, 0.05) is 13.0 Å². The number of ether oxygens (including phenoxy) is 1. The maximum Gasteiger partial charge on any atom is 0.407 e. The summed E-state index contributed by atoms with van der Waals surface area (Å²) in [6, 6.07) is 2.25. The first kappa shape index (κ1) is 12.2. The number of carbonyl (C=O) groups is 1. The van der Waals surface area contributed by atoms with Crippen molar-refractivity contribution in [2.45, 2.75) is 52.1 Å². The topological polar surface area (TPSA) is 62.1 Å². The number of amides is 1. The monoisotopic (exact) mass is 236 g/mol. The molecule has 3 fully saturated rings. The first-order valence-corrected chi connectivity index (χ1v) is 6.12. The van der Waals surface area contributed by atoms with Crippen molar-refractivity contribution in [1.82, 2.24) is 5.32 Å². The summed E-state index contributed by atoms with van der Waals surface area (Å²) < 4.78 is 5.19. The van der Waals surface area contributed by atoms with E-state index in [2.05, 4.69) is 11.4 Å². The number of nitriles is 1. The third-order valence-electron chi connectivity index (χ3n) is 3.71. The third kappa shape index (κ3) is 2.38. The zero-order valence-corrected chi connectivity index (χ0v) is 10.8. The third-order valence-corrected chi connectivity index (χ3v) is 3.71. The van der Waals surface area contributed by atoms with Gasteiger partial charge in [-0.25, -0.2) is 4.79 Å². The van der Waals surface area contributed by atoms with Gasteiger partial charge in [-0.2, -0.15) is 5.26 Å². The minimum Gasteiger partial charge on any atom is -0.444 e. The Kier molecular flexibility index (Phi) is 2.61. The van der Waals surface area contributed by atoms with Crippen molar-refractivity contribution in [3.05, 3.63) is 0 Å². The van der Waals surface area contributed by atoms with Crippen LogP contribution in [0.2, 0.25) is 0 Å². The fraction of sp³-hybridized carbons (Fsp3) is 0.846. The van der Waals surface area contributed by atoms with Gasteiger partial charge < -0.3 is 10.1 Å². The van der Waals surface area contributed by atoms with Crippen LogP contribution < -0.4 is 5.32 Å². The minimum atomic E-state index is -0.439. The van der Waals surface area contributed by atoms with Crippen molar-refractivity contribution in [3.8, 4) is 6.07 Å². The van der Waals surface area contributed by atoms with Gasteiger partial charge in [-0.1, -0.05) is 0 Å². The molecule has 0 aromatic rings. The highest BCUT2D eigenvalue weighted by Gasteiger charge is 2.67. The summed E-state index contributed by atoms with van der Waals surface area (Å²) in [5.74, 6) is 0. The van der Waals surface area contributed by atoms with Gasteiger partial charge >= 0.3 is 6.09 Å². The molecule has 0 unspecified atom stereocenters. The number of alkyl carbamates (subject to hydrolysis) is 1. The lowest BCUT2D eigenvalue weighted by atomic mass is 9.34. The molecule has 0 heterocycles. The summed E-state index contributed by atoms with van der Waals surface area (Å²) in [6.07, 6.45) is 3.59. The van der Waals surface area contributed by atoms with Crippen molar-refractivity contribution in [2.75, 3.05) is 6.54 Å². The summed E-state index contributed by atoms with van der Waals surface area (Å²) in [4.78, 5) is 11.5. The first-order valence-electron chi connectivity index (χ1n) is 6.12. The molecule has 94 valence electrons. The molecule has 2 bridgehead atoms. The van der Waals surface area contributed by atoms with Crippen molar-refractivity contribution >= 4 is 6.09 Å². The fourth-order valence-electron chi connectivity index (χ4n) is 3.35. The highest BCUT2D eigenvalue weighted by atomic mass is 16.6. The van der Waals surface area contributed by atoms with Gasteiger partial charge in [-0.15, -0.1) is 0 Å². The highest BCUT2D eigenvalue weighted by Crippen LogP contribution is 2.74. The Labute approximate surface area is 102 Å². The van der Waals surface area contributed by atoms with E-state index in [4.69, 9.17) is 10.00 Å². The number of hydrogen-bond acceptors (Lipinski definition) is 3. The molecule has 0 radical (unpaired) electrons. The van der Waals surface area contributed by atoms with Crippen molar-refractivity contribution < 1.29 is 9.53 Å². The van der Waals surface area contributed by atoms with E-state index in [1.165, 1.54) is 0 Å².